The van der Waals surface area contributed by atoms with Crippen molar-refractivity contribution < 1.29 is 23.0 Å². The Balaban J connectivity index is 1.28. The molecule has 2 saturated carbocycles. The molecule has 0 unspecified atom stereocenters. The molecule has 1 saturated heterocycles. The Morgan fingerprint density at radius 1 is 1.24 bits per heavy atom. The maximum atomic E-state index is 14.0. The van der Waals surface area contributed by atoms with Crippen molar-refractivity contribution >= 4 is 17.5 Å². The van der Waals surface area contributed by atoms with Crippen LogP contribution >= 0.6 is 0 Å². The Kier molecular flexibility index (Phi) is 5.95. The highest BCUT2D eigenvalue weighted by molar-refractivity contribution is 5.93. The van der Waals surface area contributed by atoms with Crippen LogP contribution in [0.15, 0.2) is 23.1 Å². The number of nitrogens with one attached hydrogen (secondary N) is 2. The van der Waals surface area contributed by atoms with Gasteiger partial charge in [-0.1, -0.05) is 19.0 Å². The highest BCUT2D eigenvalue weighted by Gasteiger charge is 2.42. The molecule has 38 heavy (non-hydrogen) atoms. The lowest BCUT2D eigenvalue weighted by Gasteiger charge is -2.33. The summed E-state index contributed by atoms with van der Waals surface area (Å²) in [5, 5.41) is 18.2. The minimum Gasteiger partial charge on any atom is -0.355 e. The van der Waals surface area contributed by atoms with E-state index >= 15 is 0 Å². The van der Waals surface area contributed by atoms with Gasteiger partial charge in [0, 0.05) is 31.2 Å². The Labute approximate surface area is 217 Å². The van der Waals surface area contributed by atoms with Gasteiger partial charge in [0.1, 0.15) is 5.69 Å². The zero-order valence-electron chi connectivity index (χ0n) is 21.4. The number of amides is 2. The summed E-state index contributed by atoms with van der Waals surface area (Å²) < 4.78 is 34.4. The van der Waals surface area contributed by atoms with Crippen molar-refractivity contribution in [3.63, 3.8) is 0 Å². The first-order valence-electron chi connectivity index (χ1n) is 13.2. The molecule has 10 nitrogen and oxygen atoms in total. The molecule has 0 spiro atoms. The number of fused-ring (bicyclic) bond motifs is 1. The molecule has 0 radical (unpaired) electrons. The number of nitrogens with zero attached hydrogens (tertiary/aromatic N) is 5. The zero-order chi connectivity index (χ0) is 26.7. The fourth-order valence-corrected chi connectivity index (χ4v) is 5.73. The second-order valence-electron chi connectivity index (χ2n) is 11.7. The summed E-state index contributed by atoms with van der Waals surface area (Å²) in [6, 6.07) is 1.28. The molecule has 3 aromatic heterocycles. The fraction of sp³-hybridized carbons (Fsp3) is 0.615. The van der Waals surface area contributed by atoms with E-state index in [1.807, 2.05) is 6.07 Å². The largest absolute Gasteiger partial charge is 0.355 e. The first kappa shape index (κ1) is 24.9. The fourth-order valence-electron chi connectivity index (χ4n) is 5.73. The van der Waals surface area contributed by atoms with Crippen molar-refractivity contribution in [2.24, 2.45) is 17.3 Å². The van der Waals surface area contributed by atoms with Gasteiger partial charge in [-0.2, -0.15) is 5.10 Å². The molecule has 202 valence electrons. The van der Waals surface area contributed by atoms with Crippen LogP contribution in [-0.2, 0) is 11.2 Å². The van der Waals surface area contributed by atoms with Crippen LogP contribution in [0.3, 0.4) is 0 Å². The van der Waals surface area contributed by atoms with Crippen molar-refractivity contribution in [1.29, 1.82) is 0 Å². The molecule has 0 bridgehead atoms. The van der Waals surface area contributed by atoms with Gasteiger partial charge in [-0.05, 0) is 60.2 Å². The van der Waals surface area contributed by atoms with Gasteiger partial charge in [0.15, 0.2) is 11.3 Å². The van der Waals surface area contributed by atoms with Gasteiger partial charge in [-0.25, -0.2) is 22.9 Å². The van der Waals surface area contributed by atoms with Crippen LogP contribution in [0.4, 0.5) is 8.78 Å². The van der Waals surface area contributed by atoms with Gasteiger partial charge in [0.25, 0.3) is 5.91 Å². The standard InChI is InChI=1S/C26H31F2N7O3/c1-25(2)13-29-23(36)17(25)9-14-10-19-31-18(12-35(19)30-11-14)20(16-5-7-26(27,28)8-6-16)32-24(37)22-21(15-3-4-15)33-38-34-22/h10-12,15-17,20H,3-9,13H2,1-2H3,(H,29,36)(H,32,37)/t17-,20+/m1/s1. The van der Waals surface area contributed by atoms with Crippen LogP contribution < -0.4 is 10.6 Å². The van der Waals surface area contributed by atoms with E-state index in [1.54, 1.807) is 16.9 Å². The molecule has 12 heteroatoms. The molecule has 0 aromatic carbocycles. The van der Waals surface area contributed by atoms with Crippen molar-refractivity contribution in [2.75, 3.05) is 6.54 Å². The number of hydrogen-bond donors (Lipinski definition) is 2. The minimum atomic E-state index is -2.70. The molecular weight excluding hydrogens is 496 g/mol. The van der Waals surface area contributed by atoms with Crippen LogP contribution in [-0.4, -0.2) is 49.2 Å². The van der Waals surface area contributed by atoms with E-state index in [0.29, 0.717) is 30.0 Å². The SMILES string of the molecule is CC1(C)CNC(=O)[C@H]1Cc1cnn2cc([C@@H](NC(=O)c3nonc3C3CC3)C3CCC(F)(F)CC3)nc2c1. The van der Waals surface area contributed by atoms with E-state index < -0.39 is 17.9 Å². The van der Waals surface area contributed by atoms with Crippen molar-refractivity contribution in [3.05, 3.63) is 41.1 Å². The molecule has 2 amide bonds. The van der Waals surface area contributed by atoms with Crippen LogP contribution in [0.1, 0.15) is 91.8 Å². The first-order valence-corrected chi connectivity index (χ1v) is 13.2. The molecule has 3 aliphatic rings. The average molecular weight is 528 g/mol. The third-order valence-electron chi connectivity index (χ3n) is 8.34. The maximum absolute atomic E-state index is 14.0. The number of hydrogen-bond acceptors (Lipinski definition) is 7. The molecule has 6 rings (SSSR count). The molecule has 2 aliphatic carbocycles. The van der Waals surface area contributed by atoms with E-state index in [1.165, 1.54) is 0 Å². The quantitative estimate of drug-likeness (QED) is 0.481. The van der Waals surface area contributed by atoms with Crippen LogP contribution in [0.25, 0.3) is 5.65 Å². The zero-order valence-corrected chi connectivity index (χ0v) is 21.4. The van der Waals surface area contributed by atoms with Gasteiger partial charge in [-0.15, -0.1) is 0 Å². The molecular formula is C26H31F2N7O3. The second kappa shape index (κ2) is 9.09. The lowest BCUT2D eigenvalue weighted by molar-refractivity contribution is -0.123. The monoisotopic (exact) mass is 527 g/mol. The van der Waals surface area contributed by atoms with Gasteiger partial charge in [-0.3, -0.25) is 9.59 Å². The van der Waals surface area contributed by atoms with Crippen molar-refractivity contribution in [1.82, 2.24) is 35.5 Å². The minimum absolute atomic E-state index is 0.0312. The van der Waals surface area contributed by atoms with Crippen LogP contribution in [0, 0.1) is 17.3 Å². The van der Waals surface area contributed by atoms with E-state index in [2.05, 4.69) is 39.9 Å². The van der Waals surface area contributed by atoms with Crippen molar-refractivity contribution in [2.45, 2.75) is 76.7 Å². The summed E-state index contributed by atoms with van der Waals surface area (Å²) in [6.45, 7) is 4.76. The number of carbonyl (C=O) groups is 2. The van der Waals surface area contributed by atoms with E-state index in [0.717, 1.165) is 18.4 Å². The Morgan fingerprint density at radius 2 is 2.00 bits per heavy atom. The predicted molar refractivity (Wildman–Crippen MR) is 130 cm³/mol. The third kappa shape index (κ3) is 4.76. The second-order valence-corrected chi connectivity index (χ2v) is 11.7. The third-order valence-corrected chi connectivity index (χ3v) is 8.34. The number of halogens is 2. The van der Waals surface area contributed by atoms with E-state index in [4.69, 9.17) is 9.61 Å². The molecule has 1 aliphatic heterocycles. The number of imidazole rings is 1. The molecule has 3 fully saturated rings. The topological polar surface area (TPSA) is 127 Å². The number of carbonyl (C=O) groups excluding carboxylic acids is 2. The highest BCUT2D eigenvalue weighted by Crippen LogP contribution is 2.43. The highest BCUT2D eigenvalue weighted by atomic mass is 19.3. The maximum Gasteiger partial charge on any atom is 0.276 e. The summed E-state index contributed by atoms with van der Waals surface area (Å²) in [4.78, 5) is 30.4. The number of aromatic nitrogens is 5. The predicted octanol–water partition coefficient (Wildman–Crippen LogP) is 3.60. The van der Waals surface area contributed by atoms with Gasteiger partial charge in [0.05, 0.1) is 24.1 Å². The van der Waals surface area contributed by atoms with Gasteiger partial charge in [0.2, 0.25) is 11.8 Å². The average Bonchev–Trinajstić information content (AvgIpc) is 3.34. The smallest absolute Gasteiger partial charge is 0.276 e. The first-order chi connectivity index (χ1) is 18.1. The summed E-state index contributed by atoms with van der Waals surface area (Å²) >= 11 is 0. The van der Waals surface area contributed by atoms with Gasteiger partial charge < -0.3 is 10.6 Å². The Hall–Kier alpha value is -3.44. The molecule has 2 N–H and O–H groups in total. The van der Waals surface area contributed by atoms with Gasteiger partial charge >= 0.3 is 0 Å². The molecule has 3 aromatic rings. The van der Waals surface area contributed by atoms with Crippen molar-refractivity contribution in [3.8, 4) is 0 Å². The Morgan fingerprint density at radius 3 is 2.68 bits per heavy atom. The summed E-state index contributed by atoms with van der Waals surface area (Å²) in [7, 11) is 0. The lowest BCUT2D eigenvalue weighted by atomic mass is 9.78. The molecule has 4 heterocycles. The van der Waals surface area contributed by atoms with Crippen LogP contribution in [0.2, 0.25) is 0 Å². The summed E-state index contributed by atoms with van der Waals surface area (Å²) in [5.74, 6) is -3.35. The van der Waals surface area contributed by atoms with E-state index in [9.17, 15) is 18.4 Å². The van der Waals surface area contributed by atoms with E-state index in [-0.39, 0.29) is 60.5 Å². The number of rotatable bonds is 7. The number of alkyl halides is 2. The lowest BCUT2D eigenvalue weighted by Crippen LogP contribution is -2.37. The summed E-state index contributed by atoms with van der Waals surface area (Å²) in [5.41, 5.74) is 2.50. The molecule has 2 atom stereocenters. The summed E-state index contributed by atoms with van der Waals surface area (Å²) in [6.07, 6.45) is 5.86. The normalized spacial score (nSPS) is 23.9. The van der Waals surface area contributed by atoms with Crippen LogP contribution in [0.5, 0.6) is 0 Å². The Bertz CT molecular complexity index is 1370.